The quantitative estimate of drug-likeness (QED) is 0.417. The molecule has 0 aliphatic heterocycles. The van der Waals surface area contributed by atoms with Gasteiger partial charge in [-0.1, -0.05) is 12.8 Å². The molecule has 5 nitrogen and oxygen atoms in total. The molecule has 0 amide bonds. The van der Waals surface area contributed by atoms with Gasteiger partial charge in [-0.3, -0.25) is 4.99 Å². The number of rotatable bonds is 4. The van der Waals surface area contributed by atoms with Crippen molar-refractivity contribution in [2.75, 3.05) is 20.6 Å². The Kier molecular flexibility index (Phi) is 6.81. The monoisotopic (exact) mass is 392 g/mol. The maximum Gasteiger partial charge on any atom is 0.193 e. The Labute approximate surface area is 137 Å². The van der Waals surface area contributed by atoms with Crippen molar-refractivity contribution in [2.45, 2.75) is 37.8 Å². The number of hydrogen-bond donors (Lipinski definition) is 3. The Bertz CT molecular complexity index is 413. The molecule has 0 spiro atoms. The molecule has 3 N–H and O–H groups in total. The molecule has 1 aliphatic carbocycles. The average Bonchev–Trinajstić information content (AvgIpc) is 3.02. The van der Waals surface area contributed by atoms with E-state index in [9.17, 15) is 5.11 Å². The van der Waals surface area contributed by atoms with Gasteiger partial charge in [0.05, 0.1) is 12.1 Å². The van der Waals surface area contributed by atoms with Gasteiger partial charge in [-0.15, -0.1) is 24.0 Å². The third kappa shape index (κ3) is 4.66. The highest BCUT2D eigenvalue weighted by atomic mass is 127. The van der Waals surface area contributed by atoms with Crippen molar-refractivity contribution in [1.82, 2.24) is 15.2 Å². The summed E-state index contributed by atoms with van der Waals surface area (Å²) in [5.41, 5.74) is 0.591. The van der Waals surface area contributed by atoms with Crippen LogP contribution in [-0.2, 0) is 6.54 Å². The third-order valence-electron chi connectivity index (χ3n) is 3.75. The molecule has 1 saturated carbocycles. The molecule has 0 radical (unpaired) electrons. The Morgan fingerprint density at radius 2 is 2.20 bits per heavy atom. The normalized spacial score (nSPS) is 17.6. The van der Waals surface area contributed by atoms with Crippen molar-refractivity contribution in [3.63, 3.8) is 0 Å². The van der Waals surface area contributed by atoms with E-state index < -0.39 is 5.60 Å². The predicted molar refractivity (Wildman–Crippen MR) is 92.5 cm³/mol. The molecular formula is C14H25IN4O. The number of nitrogens with one attached hydrogen (secondary N) is 2. The largest absolute Gasteiger partial charge is 0.388 e. The molecule has 0 saturated heterocycles. The van der Waals surface area contributed by atoms with Gasteiger partial charge in [-0.25, -0.2) is 0 Å². The lowest BCUT2D eigenvalue weighted by Crippen LogP contribution is -2.46. The van der Waals surface area contributed by atoms with E-state index in [2.05, 4.69) is 15.3 Å². The Hall–Kier alpha value is -0.760. The first-order chi connectivity index (χ1) is 9.13. The van der Waals surface area contributed by atoms with E-state index in [0.29, 0.717) is 6.54 Å². The molecule has 1 fully saturated rings. The molecule has 1 aliphatic rings. The van der Waals surface area contributed by atoms with E-state index in [0.717, 1.165) is 43.9 Å². The lowest BCUT2D eigenvalue weighted by Gasteiger charge is -2.27. The molecule has 1 aromatic rings. The number of aromatic amines is 1. The lowest BCUT2D eigenvalue weighted by molar-refractivity contribution is 0.0516. The topological polar surface area (TPSA) is 63.7 Å². The highest BCUT2D eigenvalue weighted by molar-refractivity contribution is 14.0. The second-order valence-electron chi connectivity index (χ2n) is 5.38. The number of aliphatic hydroxyl groups is 1. The summed E-state index contributed by atoms with van der Waals surface area (Å²) in [5, 5.41) is 13.6. The van der Waals surface area contributed by atoms with E-state index in [-0.39, 0.29) is 24.0 Å². The number of guanidine groups is 1. The molecule has 2 rings (SSSR count). The summed E-state index contributed by atoms with van der Waals surface area (Å²) in [4.78, 5) is 9.49. The summed E-state index contributed by atoms with van der Waals surface area (Å²) in [6.45, 7) is 1.35. The molecule has 0 aromatic carbocycles. The smallest absolute Gasteiger partial charge is 0.193 e. The summed E-state index contributed by atoms with van der Waals surface area (Å²) in [5.74, 6) is 0.815. The highest BCUT2D eigenvalue weighted by Crippen LogP contribution is 2.28. The van der Waals surface area contributed by atoms with Crippen LogP contribution in [0.5, 0.6) is 0 Å². The summed E-state index contributed by atoms with van der Waals surface area (Å²) >= 11 is 0. The molecule has 114 valence electrons. The van der Waals surface area contributed by atoms with Crippen LogP contribution in [0.15, 0.2) is 23.3 Å². The van der Waals surface area contributed by atoms with Gasteiger partial charge >= 0.3 is 0 Å². The van der Waals surface area contributed by atoms with Gasteiger partial charge in [-0.05, 0) is 25.0 Å². The van der Waals surface area contributed by atoms with Gasteiger partial charge < -0.3 is 20.3 Å². The number of H-pyrrole nitrogens is 1. The first-order valence-corrected chi connectivity index (χ1v) is 6.89. The van der Waals surface area contributed by atoms with Crippen molar-refractivity contribution in [3.8, 4) is 0 Å². The SMILES string of the molecule is CN=C(NCC1(O)CCCC1)N(C)Cc1ccc[nH]1.I. The third-order valence-corrected chi connectivity index (χ3v) is 3.75. The zero-order chi connectivity index (χ0) is 13.7. The van der Waals surface area contributed by atoms with E-state index in [1.54, 1.807) is 7.05 Å². The van der Waals surface area contributed by atoms with Gasteiger partial charge in [0.25, 0.3) is 0 Å². The minimum absolute atomic E-state index is 0. The van der Waals surface area contributed by atoms with Crippen LogP contribution in [0.2, 0.25) is 0 Å². The van der Waals surface area contributed by atoms with E-state index >= 15 is 0 Å². The zero-order valence-electron chi connectivity index (χ0n) is 12.2. The minimum atomic E-state index is -0.552. The van der Waals surface area contributed by atoms with Crippen molar-refractivity contribution in [3.05, 3.63) is 24.0 Å². The number of aromatic nitrogens is 1. The number of aliphatic imine (C=N–C) groups is 1. The Morgan fingerprint density at radius 1 is 1.50 bits per heavy atom. The molecule has 0 bridgehead atoms. The summed E-state index contributed by atoms with van der Waals surface area (Å²) in [7, 11) is 3.76. The minimum Gasteiger partial charge on any atom is -0.388 e. The molecular weight excluding hydrogens is 367 g/mol. The van der Waals surface area contributed by atoms with Crippen LogP contribution in [0.25, 0.3) is 0 Å². The maximum atomic E-state index is 10.3. The average molecular weight is 392 g/mol. The Morgan fingerprint density at radius 3 is 2.75 bits per heavy atom. The van der Waals surface area contributed by atoms with Crippen molar-refractivity contribution >= 4 is 29.9 Å². The molecule has 1 heterocycles. The van der Waals surface area contributed by atoms with Crippen molar-refractivity contribution in [2.24, 2.45) is 4.99 Å². The number of halogens is 1. The van der Waals surface area contributed by atoms with Crippen LogP contribution >= 0.6 is 24.0 Å². The fraction of sp³-hybridized carbons (Fsp3) is 0.643. The first kappa shape index (κ1) is 17.3. The number of hydrogen-bond acceptors (Lipinski definition) is 2. The van der Waals surface area contributed by atoms with Crippen LogP contribution < -0.4 is 5.32 Å². The van der Waals surface area contributed by atoms with Crippen LogP contribution in [0, 0.1) is 0 Å². The van der Waals surface area contributed by atoms with Crippen LogP contribution in [0.4, 0.5) is 0 Å². The van der Waals surface area contributed by atoms with Crippen LogP contribution in [0.3, 0.4) is 0 Å². The molecule has 0 unspecified atom stereocenters. The van der Waals surface area contributed by atoms with Gasteiger partial charge in [0.1, 0.15) is 0 Å². The van der Waals surface area contributed by atoms with E-state index in [1.807, 2.05) is 30.3 Å². The molecule has 20 heavy (non-hydrogen) atoms. The molecule has 0 atom stereocenters. The lowest BCUT2D eigenvalue weighted by atomic mass is 10.0. The molecule has 6 heteroatoms. The van der Waals surface area contributed by atoms with Gasteiger partial charge in [0.2, 0.25) is 0 Å². The van der Waals surface area contributed by atoms with E-state index in [1.165, 1.54) is 0 Å². The van der Waals surface area contributed by atoms with Gasteiger partial charge in [0, 0.05) is 32.5 Å². The highest BCUT2D eigenvalue weighted by Gasteiger charge is 2.31. The number of nitrogens with zero attached hydrogens (tertiary/aromatic N) is 2. The van der Waals surface area contributed by atoms with Crippen LogP contribution in [0.1, 0.15) is 31.4 Å². The summed E-state index contributed by atoms with van der Waals surface area (Å²) < 4.78 is 0. The summed E-state index contributed by atoms with van der Waals surface area (Å²) in [6.07, 6.45) is 5.93. The van der Waals surface area contributed by atoms with Crippen molar-refractivity contribution < 1.29 is 5.11 Å². The second kappa shape index (κ2) is 7.87. The maximum absolute atomic E-state index is 10.3. The predicted octanol–water partition coefficient (Wildman–Crippen LogP) is 1.94. The van der Waals surface area contributed by atoms with E-state index in [4.69, 9.17) is 0 Å². The Balaban J connectivity index is 0.00000200. The van der Waals surface area contributed by atoms with Gasteiger partial charge in [-0.2, -0.15) is 0 Å². The fourth-order valence-corrected chi connectivity index (χ4v) is 2.63. The van der Waals surface area contributed by atoms with Gasteiger partial charge in [0.15, 0.2) is 5.96 Å². The summed E-state index contributed by atoms with van der Waals surface area (Å²) in [6, 6.07) is 4.04. The second-order valence-corrected chi connectivity index (χ2v) is 5.38. The molecule has 1 aromatic heterocycles. The first-order valence-electron chi connectivity index (χ1n) is 6.89. The zero-order valence-corrected chi connectivity index (χ0v) is 14.6. The van der Waals surface area contributed by atoms with Crippen LogP contribution in [-0.4, -0.2) is 47.2 Å². The fourth-order valence-electron chi connectivity index (χ4n) is 2.63. The standard InChI is InChI=1S/C14H24N4O.HI/c1-15-13(17-11-14(19)7-3-4-8-14)18(2)10-12-6-5-9-16-12;/h5-6,9,16,19H,3-4,7-8,10-11H2,1-2H3,(H,15,17);1H. The van der Waals surface area contributed by atoms with Crippen molar-refractivity contribution in [1.29, 1.82) is 0 Å².